The summed E-state index contributed by atoms with van der Waals surface area (Å²) in [5.74, 6) is 1.87. The molecular weight excluding hydrogens is 671 g/mol. The van der Waals surface area contributed by atoms with E-state index in [0.29, 0.717) is 17.5 Å². The fourth-order valence-corrected chi connectivity index (χ4v) is 9.45. The van der Waals surface area contributed by atoms with Crippen LogP contribution >= 0.6 is 0 Å². The van der Waals surface area contributed by atoms with Crippen molar-refractivity contribution in [2.24, 2.45) is 0 Å². The summed E-state index contributed by atoms with van der Waals surface area (Å²) in [6, 6.07) is 58.2. The molecule has 0 atom stereocenters. The molecule has 0 bridgehead atoms. The van der Waals surface area contributed by atoms with E-state index in [1.165, 1.54) is 65.5 Å². The fourth-order valence-electron chi connectivity index (χ4n) is 9.45. The van der Waals surface area contributed by atoms with Crippen molar-refractivity contribution in [3.63, 3.8) is 0 Å². The van der Waals surface area contributed by atoms with E-state index in [1.807, 2.05) is 60.7 Å². The molecular formula is C51H37N3O. The van der Waals surface area contributed by atoms with Crippen LogP contribution in [0.15, 0.2) is 168 Å². The van der Waals surface area contributed by atoms with Crippen LogP contribution in [0.5, 0.6) is 0 Å². The van der Waals surface area contributed by atoms with Gasteiger partial charge in [-0.15, -0.1) is 0 Å². The van der Waals surface area contributed by atoms with E-state index in [2.05, 4.69) is 103 Å². The van der Waals surface area contributed by atoms with Crippen LogP contribution in [0.2, 0.25) is 0 Å². The standard InChI is InChI=1S/C51H37N3O/c1-3-15-33(16-4-1)48-52-49(54-50(53-48)41-24-14-28-45-47(41)40-22-6-8-27-44(40)55-45)37-20-12-18-35(32-37)34-17-11-19-36(31-34)38-23-13-26-43-46(38)39-21-5-7-25-42(39)51(43)29-9-2-10-30-51/h1,3-8,11-28,31-32H,2,9-10,29-30H2. The molecule has 0 unspecified atom stereocenters. The number of aromatic nitrogens is 3. The van der Waals surface area contributed by atoms with E-state index >= 15 is 0 Å². The summed E-state index contributed by atoms with van der Waals surface area (Å²) in [4.78, 5) is 15.3. The second-order valence-corrected chi connectivity index (χ2v) is 15.0. The Labute approximate surface area is 320 Å². The maximum Gasteiger partial charge on any atom is 0.164 e. The zero-order valence-corrected chi connectivity index (χ0v) is 30.4. The monoisotopic (exact) mass is 707 g/mol. The average molecular weight is 708 g/mol. The van der Waals surface area contributed by atoms with Gasteiger partial charge in [-0.2, -0.15) is 0 Å². The van der Waals surface area contributed by atoms with Crippen molar-refractivity contribution >= 4 is 21.9 Å². The highest BCUT2D eigenvalue weighted by atomic mass is 16.3. The van der Waals surface area contributed by atoms with E-state index in [9.17, 15) is 0 Å². The summed E-state index contributed by atoms with van der Waals surface area (Å²) in [5.41, 5.74) is 15.2. The summed E-state index contributed by atoms with van der Waals surface area (Å²) in [7, 11) is 0. The molecule has 0 aliphatic heterocycles. The van der Waals surface area contributed by atoms with Gasteiger partial charge in [0, 0.05) is 32.9 Å². The second kappa shape index (κ2) is 12.7. The van der Waals surface area contributed by atoms with Crippen molar-refractivity contribution in [2.45, 2.75) is 37.5 Å². The van der Waals surface area contributed by atoms with Crippen LogP contribution in [0.4, 0.5) is 0 Å². The molecule has 2 heterocycles. The van der Waals surface area contributed by atoms with Gasteiger partial charge in [-0.3, -0.25) is 0 Å². The van der Waals surface area contributed by atoms with Crippen LogP contribution in [-0.2, 0) is 5.41 Å². The van der Waals surface area contributed by atoms with Gasteiger partial charge in [0.15, 0.2) is 17.5 Å². The first-order valence-electron chi connectivity index (χ1n) is 19.4. The molecule has 7 aromatic carbocycles. The maximum absolute atomic E-state index is 6.25. The van der Waals surface area contributed by atoms with Crippen LogP contribution in [0.25, 0.3) is 89.5 Å². The molecule has 1 saturated carbocycles. The summed E-state index contributed by atoms with van der Waals surface area (Å²) >= 11 is 0. The lowest BCUT2D eigenvalue weighted by atomic mass is 9.68. The van der Waals surface area contributed by atoms with Gasteiger partial charge in [-0.25, -0.2) is 15.0 Å². The Kier molecular flexibility index (Phi) is 7.38. The normalized spacial score (nSPS) is 14.3. The van der Waals surface area contributed by atoms with E-state index in [-0.39, 0.29) is 5.41 Å². The molecule has 2 aromatic heterocycles. The first kappa shape index (κ1) is 31.8. The number of nitrogens with zero attached hydrogens (tertiary/aromatic N) is 3. The van der Waals surface area contributed by atoms with Crippen molar-refractivity contribution < 1.29 is 4.42 Å². The molecule has 4 nitrogen and oxygen atoms in total. The number of furan rings is 1. The molecule has 262 valence electrons. The van der Waals surface area contributed by atoms with Crippen molar-refractivity contribution in [3.05, 3.63) is 175 Å². The van der Waals surface area contributed by atoms with Crippen molar-refractivity contribution in [2.75, 3.05) is 0 Å². The van der Waals surface area contributed by atoms with Gasteiger partial charge < -0.3 is 4.42 Å². The molecule has 0 saturated heterocycles. The number of hydrogen-bond acceptors (Lipinski definition) is 4. The summed E-state index contributed by atoms with van der Waals surface area (Å²) in [6.07, 6.45) is 6.36. The molecule has 0 amide bonds. The third-order valence-corrected chi connectivity index (χ3v) is 11.9. The van der Waals surface area contributed by atoms with Crippen molar-refractivity contribution in [3.8, 4) is 67.5 Å². The molecule has 55 heavy (non-hydrogen) atoms. The van der Waals surface area contributed by atoms with E-state index in [1.54, 1.807) is 0 Å². The minimum Gasteiger partial charge on any atom is -0.456 e. The third-order valence-electron chi connectivity index (χ3n) is 11.9. The molecule has 1 spiro atoms. The van der Waals surface area contributed by atoms with Gasteiger partial charge in [0.2, 0.25) is 0 Å². The minimum atomic E-state index is 0.129. The Morgan fingerprint density at radius 2 is 0.964 bits per heavy atom. The van der Waals surface area contributed by atoms with E-state index in [0.717, 1.165) is 49.8 Å². The lowest BCUT2D eigenvalue weighted by molar-refractivity contribution is 0.353. The Morgan fingerprint density at radius 1 is 0.400 bits per heavy atom. The third kappa shape index (κ3) is 5.16. The largest absolute Gasteiger partial charge is 0.456 e. The highest BCUT2D eigenvalue weighted by Gasteiger charge is 2.44. The van der Waals surface area contributed by atoms with Crippen LogP contribution in [0.3, 0.4) is 0 Å². The Balaban J connectivity index is 1.03. The van der Waals surface area contributed by atoms with Crippen LogP contribution in [0, 0.1) is 0 Å². The topological polar surface area (TPSA) is 51.8 Å². The number of para-hydroxylation sites is 1. The van der Waals surface area contributed by atoms with Gasteiger partial charge in [-0.05, 0) is 81.6 Å². The highest BCUT2D eigenvalue weighted by Crippen LogP contribution is 2.57. The summed E-state index contributed by atoms with van der Waals surface area (Å²) < 4.78 is 6.25. The molecule has 2 aliphatic carbocycles. The number of hydrogen-bond donors (Lipinski definition) is 0. The van der Waals surface area contributed by atoms with E-state index < -0.39 is 0 Å². The molecule has 0 radical (unpaired) electrons. The predicted octanol–water partition coefficient (Wildman–Crippen LogP) is 13.3. The van der Waals surface area contributed by atoms with Gasteiger partial charge >= 0.3 is 0 Å². The summed E-state index contributed by atoms with van der Waals surface area (Å²) in [6.45, 7) is 0. The molecule has 11 rings (SSSR count). The quantitative estimate of drug-likeness (QED) is 0.179. The van der Waals surface area contributed by atoms with Gasteiger partial charge in [0.05, 0.1) is 0 Å². The number of rotatable bonds is 5. The number of benzene rings is 7. The Hall–Kier alpha value is -6.65. The molecule has 4 heteroatoms. The van der Waals surface area contributed by atoms with Crippen LogP contribution < -0.4 is 0 Å². The van der Waals surface area contributed by atoms with Crippen LogP contribution in [0.1, 0.15) is 43.2 Å². The lowest BCUT2D eigenvalue weighted by Crippen LogP contribution is -2.27. The first-order valence-corrected chi connectivity index (χ1v) is 19.4. The molecule has 0 N–H and O–H groups in total. The van der Waals surface area contributed by atoms with E-state index in [4.69, 9.17) is 19.4 Å². The smallest absolute Gasteiger partial charge is 0.164 e. The second-order valence-electron chi connectivity index (χ2n) is 15.0. The Morgan fingerprint density at radius 3 is 1.82 bits per heavy atom. The molecule has 2 aliphatic rings. The Bertz CT molecular complexity index is 2920. The van der Waals surface area contributed by atoms with Gasteiger partial charge in [0.1, 0.15) is 11.2 Å². The SMILES string of the molecule is c1ccc(-c2nc(-c3cccc(-c4cccc(-c5cccc6c5-c5ccccc5C65CCCCC5)c4)c3)nc(-c3cccc4oc5ccccc5c34)n2)cc1. The fraction of sp³-hybridized carbons (Fsp3) is 0.118. The molecule has 1 fully saturated rings. The zero-order chi connectivity index (χ0) is 36.3. The predicted molar refractivity (Wildman–Crippen MR) is 224 cm³/mol. The first-order chi connectivity index (χ1) is 27.2. The van der Waals surface area contributed by atoms with Gasteiger partial charge in [0.25, 0.3) is 0 Å². The molecule has 9 aromatic rings. The van der Waals surface area contributed by atoms with Crippen molar-refractivity contribution in [1.82, 2.24) is 15.0 Å². The minimum absolute atomic E-state index is 0.129. The summed E-state index contributed by atoms with van der Waals surface area (Å²) in [5, 5.41) is 2.05. The van der Waals surface area contributed by atoms with Crippen molar-refractivity contribution in [1.29, 1.82) is 0 Å². The lowest BCUT2D eigenvalue weighted by Gasteiger charge is -2.36. The number of fused-ring (bicyclic) bond motifs is 8. The highest BCUT2D eigenvalue weighted by molar-refractivity contribution is 6.11. The van der Waals surface area contributed by atoms with Gasteiger partial charge in [-0.1, -0.05) is 159 Å². The average Bonchev–Trinajstić information content (AvgIpc) is 3.78. The van der Waals surface area contributed by atoms with Crippen LogP contribution in [-0.4, -0.2) is 15.0 Å². The maximum atomic E-state index is 6.25. The zero-order valence-electron chi connectivity index (χ0n) is 30.4.